The summed E-state index contributed by atoms with van der Waals surface area (Å²) in [6, 6.07) is 5.72. The number of alkyl carbamates (subject to hydrolysis) is 1. The van der Waals surface area contributed by atoms with Gasteiger partial charge in [-0.15, -0.1) is 0 Å². The monoisotopic (exact) mass is 274 g/mol. The number of nitrogen functional groups attached to an aromatic ring is 1. The zero-order valence-corrected chi connectivity index (χ0v) is 12.5. The van der Waals surface area contributed by atoms with Crippen LogP contribution in [0, 0.1) is 18.8 Å². The molecule has 20 heavy (non-hydrogen) atoms. The summed E-state index contributed by atoms with van der Waals surface area (Å²) in [5.74, 6) is 6.00. The zero-order chi connectivity index (χ0) is 15.2. The Labute approximate surface area is 120 Å². The highest BCUT2D eigenvalue weighted by Gasteiger charge is 2.15. The molecule has 0 aromatic heterocycles. The Morgan fingerprint density at radius 2 is 2.10 bits per heavy atom. The molecule has 0 aliphatic rings. The maximum atomic E-state index is 11.4. The Bertz CT molecular complexity index is 534. The number of benzene rings is 1. The predicted molar refractivity (Wildman–Crippen MR) is 81.3 cm³/mol. The van der Waals surface area contributed by atoms with E-state index in [1.54, 1.807) is 0 Å². The van der Waals surface area contributed by atoms with Crippen molar-refractivity contribution in [2.24, 2.45) is 0 Å². The van der Waals surface area contributed by atoms with Gasteiger partial charge in [-0.3, -0.25) is 0 Å². The van der Waals surface area contributed by atoms with Gasteiger partial charge in [0.25, 0.3) is 0 Å². The van der Waals surface area contributed by atoms with Gasteiger partial charge in [-0.1, -0.05) is 17.9 Å². The van der Waals surface area contributed by atoms with Crippen molar-refractivity contribution in [3.8, 4) is 11.8 Å². The van der Waals surface area contributed by atoms with E-state index in [2.05, 4.69) is 17.2 Å². The van der Waals surface area contributed by atoms with E-state index >= 15 is 0 Å². The molecule has 0 fully saturated rings. The Morgan fingerprint density at radius 1 is 1.40 bits per heavy atom. The van der Waals surface area contributed by atoms with Crippen molar-refractivity contribution >= 4 is 11.8 Å². The van der Waals surface area contributed by atoms with Crippen LogP contribution in [0.15, 0.2) is 18.2 Å². The summed E-state index contributed by atoms with van der Waals surface area (Å²) < 4.78 is 5.12. The number of anilines is 1. The molecule has 1 aromatic carbocycles. The van der Waals surface area contributed by atoms with Crippen molar-refractivity contribution in [2.75, 3.05) is 12.3 Å². The quantitative estimate of drug-likeness (QED) is 0.495. The first-order chi connectivity index (χ1) is 9.28. The summed E-state index contributed by atoms with van der Waals surface area (Å²) in [4.78, 5) is 11.4. The minimum atomic E-state index is -0.477. The summed E-state index contributed by atoms with van der Waals surface area (Å²) in [6.07, 6.45) is 0.145. The fourth-order valence-corrected chi connectivity index (χ4v) is 1.42. The summed E-state index contributed by atoms with van der Waals surface area (Å²) in [5, 5.41) is 2.66. The predicted octanol–water partition coefficient (Wildman–Crippen LogP) is 2.84. The first-order valence-electron chi connectivity index (χ1n) is 6.60. The van der Waals surface area contributed by atoms with Crippen molar-refractivity contribution in [2.45, 2.75) is 39.7 Å². The fraction of sp³-hybridized carbons (Fsp3) is 0.438. The van der Waals surface area contributed by atoms with Crippen molar-refractivity contribution in [1.29, 1.82) is 0 Å². The van der Waals surface area contributed by atoms with Crippen LogP contribution in [0.4, 0.5) is 10.5 Å². The second-order valence-corrected chi connectivity index (χ2v) is 5.55. The van der Waals surface area contributed by atoms with Crippen LogP contribution in [0.2, 0.25) is 0 Å². The van der Waals surface area contributed by atoms with E-state index in [9.17, 15) is 4.79 Å². The van der Waals surface area contributed by atoms with Crippen LogP contribution >= 0.6 is 0 Å². The van der Waals surface area contributed by atoms with E-state index in [-0.39, 0.29) is 0 Å². The normalized spacial score (nSPS) is 10.4. The lowest BCUT2D eigenvalue weighted by Gasteiger charge is -2.19. The third kappa shape index (κ3) is 6.14. The maximum Gasteiger partial charge on any atom is 0.407 e. The Morgan fingerprint density at radius 3 is 2.70 bits per heavy atom. The second-order valence-electron chi connectivity index (χ2n) is 5.55. The minimum absolute atomic E-state index is 0.418. The third-order valence-electron chi connectivity index (χ3n) is 2.43. The average Bonchev–Trinajstić information content (AvgIpc) is 2.31. The van der Waals surface area contributed by atoms with E-state index in [1.165, 1.54) is 0 Å². The van der Waals surface area contributed by atoms with Gasteiger partial charge in [-0.05, 0) is 45.4 Å². The number of rotatable bonds is 2. The molecule has 0 spiro atoms. The molecule has 4 heteroatoms. The summed E-state index contributed by atoms with van der Waals surface area (Å²) in [5.41, 5.74) is 7.99. The van der Waals surface area contributed by atoms with Crippen molar-refractivity contribution in [3.63, 3.8) is 0 Å². The highest BCUT2D eigenvalue weighted by atomic mass is 16.6. The van der Waals surface area contributed by atoms with E-state index < -0.39 is 11.7 Å². The number of nitrogens with one attached hydrogen (secondary N) is 1. The summed E-state index contributed by atoms with van der Waals surface area (Å²) in [7, 11) is 0. The van der Waals surface area contributed by atoms with Crippen LogP contribution in [0.5, 0.6) is 0 Å². The molecule has 3 N–H and O–H groups in total. The lowest BCUT2D eigenvalue weighted by Crippen LogP contribution is -2.32. The van der Waals surface area contributed by atoms with E-state index in [1.807, 2.05) is 45.9 Å². The van der Waals surface area contributed by atoms with Gasteiger partial charge in [0.05, 0.1) is 0 Å². The van der Waals surface area contributed by atoms with Crippen molar-refractivity contribution < 1.29 is 9.53 Å². The zero-order valence-electron chi connectivity index (χ0n) is 12.5. The smallest absolute Gasteiger partial charge is 0.407 e. The summed E-state index contributed by atoms with van der Waals surface area (Å²) >= 11 is 0. The third-order valence-corrected chi connectivity index (χ3v) is 2.43. The lowest BCUT2D eigenvalue weighted by atomic mass is 10.1. The standard InChI is InChI=1S/C16H22N2O2/c1-12-8-9-13(11-14(12)17)7-5-6-10-18-15(19)20-16(2,3)4/h8-9,11H,6,10,17H2,1-4H3,(H,18,19). The molecule has 4 nitrogen and oxygen atoms in total. The maximum absolute atomic E-state index is 11.4. The molecule has 1 rings (SSSR count). The molecule has 1 amide bonds. The molecule has 0 atom stereocenters. The van der Waals surface area contributed by atoms with Gasteiger partial charge in [-0.25, -0.2) is 4.79 Å². The Kier molecular flexibility index (Phi) is 5.45. The number of amides is 1. The minimum Gasteiger partial charge on any atom is -0.444 e. The van der Waals surface area contributed by atoms with Gasteiger partial charge < -0.3 is 15.8 Å². The Hall–Kier alpha value is -2.15. The highest BCUT2D eigenvalue weighted by Crippen LogP contribution is 2.11. The molecule has 0 aliphatic carbocycles. The number of carbonyl (C=O) groups excluding carboxylic acids is 1. The highest BCUT2D eigenvalue weighted by molar-refractivity contribution is 5.67. The largest absolute Gasteiger partial charge is 0.444 e. The van der Waals surface area contributed by atoms with Crippen LogP contribution in [0.25, 0.3) is 0 Å². The van der Waals surface area contributed by atoms with Crippen molar-refractivity contribution in [3.05, 3.63) is 29.3 Å². The Balaban J connectivity index is 2.36. The fourth-order valence-electron chi connectivity index (χ4n) is 1.42. The molecule has 0 saturated carbocycles. The topological polar surface area (TPSA) is 64.3 Å². The molecule has 0 radical (unpaired) electrons. The van der Waals surface area contributed by atoms with Crippen LogP contribution in [-0.2, 0) is 4.74 Å². The number of nitrogens with two attached hydrogens (primary N) is 1. The van der Waals surface area contributed by atoms with Gasteiger partial charge in [-0.2, -0.15) is 0 Å². The van der Waals surface area contributed by atoms with Gasteiger partial charge in [0.15, 0.2) is 0 Å². The lowest BCUT2D eigenvalue weighted by molar-refractivity contribution is 0.0529. The van der Waals surface area contributed by atoms with Gasteiger partial charge in [0.1, 0.15) is 5.60 Å². The van der Waals surface area contributed by atoms with Crippen LogP contribution in [0.1, 0.15) is 38.3 Å². The number of hydrogen-bond donors (Lipinski definition) is 2. The molecule has 0 heterocycles. The van der Waals surface area contributed by atoms with E-state index in [0.717, 1.165) is 16.8 Å². The second kappa shape index (κ2) is 6.85. The molecule has 0 saturated heterocycles. The van der Waals surface area contributed by atoms with Crippen molar-refractivity contribution in [1.82, 2.24) is 5.32 Å². The first kappa shape index (κ1) is 15.9. The molecular formula is C16H22N2O2. The molecular weight excluding hydrogens is 252 g/mol. The average molecular weight is 274 g/mol. The van der Waals surface area contributed by atoms with Crippen LogP contribution in [0.3, 0.4) is 0 Å². The summed E-state index contributed by atoms with van der Waals surface area (Å²) in [6.45, 7) is 7.90. The molecule has 0 aliphatic heterocycles. The SMILES string of the molecule is Cc1ccc(C#CCCNC(=O)OC(C)(C)C)cc1N. The van der Waals surface area contributed by atoms with Gasteiger partial charge >= 0.3 is 6.09 Å². The van der Waals surface area contributed by atoms with Crippen LogP contribution < -0.4 is 11.1 Å². The number of aryl methyl sites for hydroxylation is 1. The number of ether oxygens (including phenoxy) is 1. The van der Waals surface area contributed by atoms with E-state index in [0.29, 0.717) is 13.0 Å². The molecule has 108 valence electrons. The molecule has 0 bridgehead atoms. The van der Waals surface area contributed by atoms with Gasteiger partial charge in [0.2, 0.25) is 0 Å². The van der Waals surface area contributed by atoms with E-state index in [4.69, 9.17) is 10.5 Å². The number of hydrogen-bond acceptors (Lipinski definition) is 3. The van der Waals surface area contributed by atoms with Gasteiger partial charge in [0, 0.05) is 24.2 Å². The number of carbonyl (C=O) groups is 1. The van der Waals surface area contributed by atoms with Crippen LogP contribution in [-0.4, -0.2) is 18.2 Å². The first-order valence-corrected chi connectivity index (χ1v) is 6.60. The molecule has 0 unspecified atom stereocenters. The molecule has 1 aromatic rings.